The number of carbonyl (C=O) groups is 2. The van der Waals surface area contributed by atoms with Crippen molar-refractivity contribution >= 4 is 17.6 Å². The van der Waals surface area contributed by atoms with E-state index in [4.69, 9.17) is 5.73 Å². The first kappa shape index (κ1) is 20.8. The number of piperazine rings is 1. The maximum Gasteiger partial charge on any atom is 0.324 e. The van der Waals surface area contributed by atoms with Gasteiger partial charge in [0.05, 0.1) is 6.54 Å². The second kappa shape index (κ2) is 9.52. The van der Waals surface area contributed by atoms with Crippen molar-refractivity contribution in [3.8, 4) is 0 Å². The Hall–Kier alpha value is -2.93. The van der Waals surface area contributed by atoms with Crippen molar-refractivity contribution in [3.63, 3.8) is 0 Å². The second-order valence-electron chi connectivity index (χ2n) is 7.15. The van der Waals surface area contributed by atoms with Crippen LogP contribution >= 0.6 is 0 Å². The summed E-state index contributed by atoms with van der Waals surface area (Å²) in [5.41, 5.74) is 7.77. The Labute approximate surface area is 170 Å². The zero-order valence-electron chi connectivity index (χ0n) is 16.7. The highest BCUT2D eigenvalue weighted by atomic mass is 19.1. The first-order valence-electron chi connectivity index (χ1n) is 9.84. The highest BCUT2D eigenvalue weighted by molar-refractivity contribution is 5.93. The van der Waals surface area contributed by atoms with Gasteiger partial charge in [-0.1, -0.05) is 31.2 Å². The van der Waals surface area contributed by atoms with Gasteiger partial charge in [-0.2, -0.15) is 0 Å². The third kappa shape index (κ3) is 5.12. The number of benzene rings is 2. The van der Waals surface area contributed by atoms with Crippen LogP contribution < -0.4 is 10.6 Å². The van der Waals surface area contributed by atoms with Crippen LogP contribution in [0.4, 0.5) is 14.9 Å². The summed E-state index contributed by atoms with van der Waals surface area (Å²) in [4.78, 5) is 30.5. The van der Waals surface area contributed by atoms with Crippen molar-refractivity contribution in [2.75, 3.05) is 37.6 Å². The van der Waals surface area contributed by atoms with E-state index in [9.17, 15) is 14.0 Å². The molecular formula is C22H27FN4O2. The molecule has 1 aliphatic rings. The van der Waals surface area contributed by atoms with Crippen molar-refractivity contribution in [1.82, 2.24) is 9.80 Å². The average molecular weight is 398 g/mol. The Morgan fingerprint density at radius 1 is 1.03 bits per heavy atom. The topological polar surface area (TPSA) is 69.9 Å². The number of halogens is 1. The third-order valence-corrected chi connectivity index (χ3v) is 5.28. The number of primary amides is 1. The molecule has 0 spiro atoms. The number of amides is 3. The molecule has 3 rings (SSSR count). The molecule has 1 saturated heterocycles. The van der Waals surface area contributed by atoms with Gasteiger partial charge in [0.1, 0.15) is 6.67 Å². The fourth-order valence-corrected chi connectivity index (χ4v) is 3.46. The Balaban J connectivity index is 1.85. The molecule has 154 valence electrons. The Morgan fingerprint density at radius 2 is 1.72 bits per heavy atom. The lowest BCUT2D eigenvalue weighted by molar-refractivity contribution is 0.1000. The van der Waals surface area contributed by atoms with E-state index < -0.39 is 12.6 Å². The van der Waals surface area contributed by atoms with Crippen molar-refractivity contribution in [3.05, 3.63) is 65.2 Å². The van der Waals surface area contributed by atoms with Crippen molar-refractivity contribution in [2.45, 2.75) is 20.1 Å². The first-order valence-corrected chi connectivity index (χ1v) is 9.84. The fraction of sp³-hybridized carbons (Fsp3) is 0.364. The number of urea groups is 1. The summed E-state index contributed by atoms with van der Waals surface area (Å²) in [6.07, 6.45) is 0. The molecule has 2 aromatic carbocycles. The number of nitrogens with zero attached hydrogens (tertiary/aromatic N) is 3. The van der Waals surface area contributed by atoms with Crippen LogP contribution in [0, 0.1) is 0 Å². The van der Waals surface area contributed by atoms with E-state index in [2.05, 4.69) is 11.8 Å². The summed E-state index contributed by atoms with van der Waals surface area (Å²) in [5.74, 6) is -0.492. The van der Waals surface area contributed by atoms with Crippen molar-refractivity contribution in [2.24, 2.45) is 5.73 Å². The minimum absolute atomic E-state index is 0.101. The van der Waals surface area contributed by atoms with E-state index in [0.717, 1.165) is 25.2 Å². The predicted molar refractivity (Wildman–Crippen MR) is 111 cm³/mol. The van der Waals surface area contributed by atoms with E-state index in [0.29, 0.717) is 36.4 Å². The molecule has 0 unspecified atom stereocenters. The second-order valence-corrected chi connectivity index (χ2v) is 7.15. The van der Waals surface area contributed by atoms with Gasteiger partial charge in [-0.15, -0.1) is 0 Å². The van der Waals surface area contributed by atoms with Gasteiger partial charge >= 0.3 is 6.03 Å². The Morgan fingerprint density at radius 3 is 2.31 bits per heavy atom. The standard InChI is InChI=1S/C22H27FN4O2/c1-2-25-10-12-26(13-11-25)22(29)27(20-5-3-4-18(14-20)15-23)16-17-6-8-19(9-7-17)21(24)28/h3-9,14H,2,10-13,15-16H2,1H3,(H2,24,28). The number of hydrogen-bond acceptors (Lipinski definition) is 3. The number of carbonyl (C=O) groups excluding carboxylic acids is 2. The van der Waals surface area contributed by atoms with Gasteiger partial charge in [-0.05, 0) is 41.9 Å². The molecule has 1 fully saturated rings. The van der Waals surface area contributed by atoms with Gasteiger partial charge in [0.25, 0.3) is 0 Å². The number of alkyl halides is 1. The van der Waals surface area contributed by atoms with E-state index in [1.807, 2.05) is 11.0 Å². The monoisotopic (exact) mass is 398 g/mol. The van der Waals surface area contributed by atoms with Crippen LogP contribution in [0.25, 0.3) is 0 Å². The molecule has 0 saturated carbocycles. The Bertz CT molecular complexity index is 848. The molecular weight excluding hydrogens is 371 g/mol. The normalized spacial score (nSPS) is 14.6. The summed E-state index contributed by atoms with van der Waals surface area (Å²) in [7, 11) is 0. The summed E-state index contributed by atoms with van der Waals surface area (Å²) >= 11 is 0. The molecule has 0 aromatic heterocycles. The summed E-state index contributed by atoms with van der Waals surface area (Å²) in [6, 6.07) is 13.8. The first-order chi connectivity index (χ1) is 14.0. The Kier molecular flexibility index (Phi) is 6.82. The molecule has 1 aliphatic heterocycles. The fourth-order valence-electron chi connectivity index (χ4n) is 3.46. The summed E-state index contributed by atoms with van der Waals surface area (Å²) < 4.78 is 13.2. The van der Waals surface area contributed by atoms with Crippen LogP contribution in [0.5, 0.6) is 0 Å². The number of nitrogens with two attached hydrogens (primary N) is 1. The minimum Gasteiger partial charge on any atom is -0.366 e. The molecule has 0 atom stereocenters. The van der Waals surface area contributed by atoms with Crippen LogP contribution in [0.15, 0.2) is 48.5 Å². The van der Waals surface area contributed by atoms with Crippen LogP contribution in [0.2, 0.25) is 0 Å². The summed E-state index contributed by atoms with van der Waals surface area (Å²) in [6.45, 7) is 5.82. The van der Waals surface area contributed by atoms with Gasteiger partial charge in [-0.25, -0.2) is 9.18 Å². The SMILES string of the molecule is CCN1CCN(C(=O)N(Cc2ccc(C(N)=O)cc2)c2cccc(CF)c2)CC1. The lowest BCUT2D eigenvalue weighted by Crippen LogP contribution is -2.52. The van der Waals surface area contributed by atoms with Gasteiger partial charge in [0.15, 0.2) is 0 Å². The quantitative estimate of drug-likeness (QED) is 0.813. The van der Waals surface area contributed by atoms with Crippen LogP contribution in [-0.2, 0) is 13.2 Å². The molecule has 7 heteroatoms. The molecule has 0 aliphatic carbocycles. The van der Waals surface area contributed by atoms with Gasteiger partial charge in [0.2, 0.25) is 5.91 Å². The lowest BCUT2D eigenvalue weighted by atomic mass is 10.1. The van der Waals surface area contributed by atoms with Gasteiger partial charge in [-0.3, -0.25) is 9.69 Å². The van der Waals surface area contributed by atoms with Gasteiger partial charge < -0.3 is 15.5 Å². The van der Waals surface area contributed by atoms with Crippen LogP contribution in [-0.4, -0.2) is 54.5 Å². The maximum atomic E-state index is 13.3. The molecule has 3 amide bonds. The number of likely N-dealkylation sites (N-methyl/N-ethyl adjacent to an activating group) is 1. The van der Waals surface area contributed by atoms with Gasteiger partial charge in [0, 0.05) is 37.4 Å². The lowest BCUT2D eigenvalue weighted by Gasteiger charge is -2.37. The highest BCUT2D eigenvalue weighted by Gasteiger charge is 2.26. The third-order valence-electron chi connectivity index (χ3n) is 5.28. The predicted octanol–water partition coefficient (Wildman–Crippen LogP) is 3.02. The minimum atomic E-state index is -0.585. The van der Waals surface area contributed by atoms with E-state index in [-0.39, 0.29) is 6.03 Å². The molecule has 0 radical (unpaired) electrons. The van der Waals surface area contributed by atoms with Crippen molar-refractivity contribution in [1.29, 1.82) is 0 Å². The molecule has 1 heterocycles. The van der Waals surface area contributed by atoms with Crippen LogP contribution in [0.3, 0.4) is 0 Å². The number of anilines is 1. The number of rotatable bonds is 6. The maximum absolute atomic E-state index is 13.3. The van der Waals surface area contributed by atoms with E-state index in [1.54, 1.807) is 47.4 Å². The smallest absolute Gasteiger partial charge is 0.324 e. The molecule has 6 nitrogen and oxygen atoms in total. The van der Waals surface area contributed by atoms with E-state index >= 15 is 0 Å². The molecule has 29 heavy (non-hydrogen) atoms. The number of hydrogen-bond donors (Lipinski definition) is 1. The molecule has 2 N–H and O–H groups in total. The average Bonchev–Trinajstić information content (AvgIpc) is 2.77. The zero-order chi connectivity index (χ0) is 20.8. The van der Waals surface area contributed by atoms with E-state index in [1.165, 1.54) is 0 Å². The molecule has 2 aromatic rings. The van der Waals surface area contributed by atoms with Crippen LogP contribution in [0.1, 0.15) is 28.4 Å². The highest BCUT2D eigenvalue weighted by Crippen LogP contribution is 2.22. The largest absolute Gasteiger partial charge is 0.366 e. The van der Waals surface area contributed by atoms with Crippen molar-refractivity contribution < 1.29 is 14.0 Å². The molecule has 0 bridgehead atoms. The zero-order valence-corrected chi connectivity index (χ0v) is 16.7. The summed E-state index contributed by atoms with van der Waals surface area (Å²) in [5, 5.41) is 0.